The van der Waals surface area contributed by atoms with Crippen LogP contribution in [0.15, 0.2) is 58.4 Å². The number of para-hydroxylation sites is 1. The van der Waals surface area contributed by atoms with Gasteiger partial charge in [-0.2, -0.15) is 0 Å². The Kier molecular flexibility index (Phi) is 4.56. The molecule has 3 aromatic rings. The van der Waals surface area contributed by atoms with Gasteiger partial charge >= 0.3 is 10.8 Å². The summed E-state index contributed by atoms with van der Waals surface area (Å²) in [4.78, 5) is 41.9. The Morgan fingerprint density at radius 2 is 2.07 bits per heavy atom. The van der Waals surface area contributed by atoms with E-state index in [1.165, 1.54) is 11.8 Å². The van der Waals surface area contributed by atoms with Gasteiger partial charge in [-0.15, -0.1) is 11.8 Å². The molecule has 2 N–H and O–H groups in total. The molecule has 1 amide bonds. The number of fused-ring (bicyclic) bond motifs is 5. The summed E-state index contributed by atoms with van der Waals surface area (Å²) in [5.41, 5.74) is 1.47. The van der Waals surface area contributed by atoms with Gasteiger partial charge in [-0.05, 0) is 30.7 Å². The number of anilines is 1. The summed E-state index contributed by atoms with van der Waals surface area (Å²) in [6.45, 7) is 1.95. The molecule has 0 bridgehead atoms. The molecule has 152 valence electrons. The minimum Gasteiger partial charge on any atom is -0.426 e. The van der Waals surface area contributed by atoms with Crippen LogP contribution in [0.4, 0.5) is 5.69 Å². The van der Waals surface area contributed by atoms with Crippen molar-refractivity contribution in [2.24, 2.45) is 5.41 Å². The van der Waals surface area contributed by atoms with Gasteiger partial charge in [0, 0.05) is 34.2 Å². The number of aromatic amines is 1. The van der Waals surface area contributed by atoms with Gasteiger partial charge in [0.2, 0.25) is 5.91 Å². The summed E-state index contributed by atoms with van der Waals surface area (Å²) < 4.78 is 5.68. The van der Waals surface area contributed by atoms with Crippen molar-refractivity contribution in [3.63, 3.8) is 0 Å². The maximum atomic E-state index is 13.3. The Balaban J connectivity index is 1.57. The third kappa shape index (κ3) is 3.07. The standard InChI is InChI=1S/C22H18N2O4S2/c1-12-5-4-6-13(9-12)23-16(25)10-22-11-29-19-18(30-21(27)24-19)17(22)14-7-2-3-8-15(14)28-20(22)26/h2-9,17H,10-11H2,1H3,(H,23,25)(H,24,27)/t17-,22+/m0/s1. The van der Waals surface area contributed by atoms with Crippen molar-refractivity contribution in [2.45, 2.75) is 24.3 Å². The number of thioether (sulfide) groups is 1. The highest BCUT2D eigenvalue weighted by Crippen LogP contribution is 2.58. The zero-order valence-corrected chi connectivity index (χ0v) is 17.7. The highest BCUT2D eigenvalue weighted by Gasteiger charge is 2.57. The molecule has 6 nitrogen and oxygen atoms in total. The zero-order chi connectivity index (χ0) is 20.9. The molecule has 2 atom stereocenters. The zero-order valence-electron chi connectivity index (χ0n) is 16.1. The van der Waals surface area contributed by atoms with Crippen LogP contribution in [-0.2, 0) is 9.59 Å². The van der Waals surface area contributed by atoms with Crippen LogP contribution in [0.25, 0.3) is 0 Å². The van der Waals surface area contributed by atoms with Crippen molar-refractivity contribution >= 4 is 40.7 Å². The molecule has 5 rings (SSSR count). The molecule has 0 radical (unpaired) electrons. The first-order valence-corrected chi connectivity index (χ1v) is 11.3. The average Bonchev–Trinajstić information content (AvgIpc) is 3.08. The van der Waals surface area contributed by atoms with Gasteiger partial charge in [-0.25, -0.2) is 0 Å². The minimum atomic E-state index is -1.08. The molecule has 8 heteroatoms. The van der Waals surface area contributed by atoms with Crippen LogP contribution in [0.3, 0.4) is 0 Å². The number of aromatic nitrogens is 1. The van der Waals surface area contributed by atoms with Crippen molar-refractivity contribution in [3.8, 4) is 5.75 Å². The molecular weight excluding hydrogens is 420 g/mol. The Morgan fingerprint density at radius 1 is 1.23 bits per heavy atom. The lowest BCUT2D eigenvalue weighted by molar-refractivity contribution is -0.149. The number of thiazole rings is 1. The Bertz CT molecular complexity index is 1230. The van der Waals surface area contributed by atoms with Gasteiger partial charge in [0.15, 0.2) is 0 Å². The van der Waals surface area contributed by atoms with E-state index in [1.54, 1.807) is 6.07 Å². The molecule has 2 aliphatic rings. The van der Waals surface area contributed by atoms with E-state index in [9.17, 15) is 14.4 Å². The van der Waals surface area contributed by atoms with E-state index in [0.29, 0.717) is 17.2 Å². The van der Waals surface area contributed by atoms with E-state index < -0.39 is 17.3 Å². The van der Waals surface area contributed by atoms with Crippen molar-refractivity contribution < 1.29 is 14.3 Å². The summed E-state index contributed by atoms with van der Waals surface area (Å²) in [5, 5.41) is 3.68. The number of H-pyrrole nitrogens is 1. The van der Waals surface area contributed by atoms with Crippen LogP contribution in [0.5, 0.6) is 5.75 Å². The second-order valence-electron chi connectivity index (χ2n) is 7.61. The lowest BCUT2D eigenvalue weighted by Gasteiger charge is -2.44. The minimum absolute atomic E-state index is 0.0304. The fourth-order valence-electron chi connectivity index (χ4n) is 4.23. The molecule has 2 aromatic carbocycles. The lowest BCUT2D eigenvalue weighted by atomic mass is 9.68. The largest absolute Gasteiger partial charge is 0.426 e. The predicted molar refractivity (Wildman–Crippen MR) is 116 cm³/mol. The molecular formula is C22H18N2O4S2. The number of amides is 1. The average molecular weight is 439 g/mol. The lowest BCUT2D eigenvalue weighted by Crippen LogP contribution is -2.49. The second-order valence-corrected chi connectivity index (χ2v) is 9.61. The Morgan fingerprint density at radius 3 is 2.90 bits per heavy atom. The van der Waals surface area contributed by atoms with E-state index in [4.69, 9.17) is 4.74 Å². The van der Waals surface area contributed by atoms with Crippen molar-refractivity contribution in [1.82, 2.24) is 4.98 Å². The van der Waals surface area contributed by atoms with Gasteiger partial charge in [-0.1, -0.05) is 41.7 Å². The third-order valence-electron chi connectivity index (χ3n) is 5.55. The van der Waals surface area contributed by atoms with Crippen molar-refractivity contribution in [1.29, 1.82) is 0 Å². The number of nitrogens with one attached hydrogen (secondary N) is 2. The first-order valence-electron chi connectivity index (χ1n) is 9.50. The fraction of sp³-hybridized carbons (Fsp3) is 0.227. The first-order chi connectivity index (χ1) is 14.5. The van der Waals surface area contributed by atoms with E-state index in [-0.39, 0.29) is 17.2 Å². The third-order valence-corrected chi connectivity index (χ3v) is 7.89. The molecule has 1 aromatic heterocycles. The smallest absolute Gasteiger partial charge is 0.319 e. The van der Waals surface area contributed by atoms with Crippen LogP contribution >= 0.6 is 23.1 Å². The normalized spacial score (nSPS) is 21.8. The van der Waals surface area contributed by atoms with E-state index in [0.717, 1.165) is 32.4 Å². The van der Waals surface area contributed by atoms with Crippen molar-refractivity contribution in [3.05, 3.63) is 74.2 Å². The molecule has 0 spiro atoms. The maximum Gasteiger partial charge on any atom is 0.319 e. The highest BCUT2D eigenvalue weighted by molar-refractivity contribution is 7.99. The monoisotopic (exact) mass is 438 g/mol. The molecule has 0 unspecified atom stereocenters. The van der Waals surface area contributed by atoms with Crippen LogP contribution in [0, 0.1) is 12.3 Å². The molecule has 2 aliphatic heterocycles. The van der Waals surface area contributed by atoms with E-state index in [1.807, 2.05) is 49.4 Å². The number of benzene rings is 2. The number of ether oxygens (including phenoxy) is 1. The number of aryl methyl sites for hydroxylation is 1. The van der Waals surface area contributed by atoms with Gasteiger partial charge in [-0.3, -0.25) is 14.4 Å². The Hall–Kier alpha value is -2.84. The summed E-state index contributed by atoms with van der Waals surface area (Å²) >= 11 is 2.50. The first kappa shape index (κ1) is 19.1. The molecule has 0 fully saturated rings. The summed E-state index contributed by atoms with van der Waals surface area (Å²) in [6.07, 6.45) is -0.0304. The number of carbonyl (C=O) groups is 2. The second kappa shape index (κ2) is 7.14. The molecule has 0 saturated heterocycles. The number of hydrogen-bond donors (Lipinski definition) is 2. The Labute approximate surface area is 180 Å². The summed E-state index contributed by atoms with van der Waals surface area (Å²) in [6, 6.07) is 14.9. The van der Waals surface area contributed by atoms with Crippen LogP contribution < -0.4 is 14.9 Å². The summed E-state index contributed by atoms with van der Waals surface area (Å²) in [5.74, 6) is -0.246. The van der Waals surface area contributed by atoms with Gasteiger partial charge in [0.1, 0.15) is 5.75 Å². The van der Waals surface area contributed by atoms with Crippen molar-refractivity contribution in [2.75, 3.05) is 11.1 Å². The topological polar surface area (TPSA) is 88.3 Å². The van der Waals surface area contributed by atoms with Crippen LogP contribution in [0.1, 0.15) is 28.3 Å². The van der Waals surface area contributed by atoms with E-state index in [2.05, 4.69) is 10.3 Å². The van der Waals surface area contributed by atoms with E-state index >= 15 is 0 Å². The van der Waals surface area contributed by atoms with Gasteiger partial charge in [0.25, 0.3) is 0 Å². The molecule has 30 heavy (non-hydrogen) atoms. The predicted octanol–water partition coefficient (Wildman–Crippen LogP) is 3.92. The quantitative estimate of drug-likeness (QED) is 0.478. The van der Waals surface area contributed by atoms with Gasteiger partial charge < -0.3 is 15.0 Å². The number of rotatable bonds is 3. The van der Waals surface area contributed by atoms with Gasteiger partial charge in [0.05, 0.1) is 10.4 Å². The highest BCUT2D eigenvalue weighted by atomic mass is 32.2. The number of hydrogen-bond acceptors (Lipinski definition) is 6. The molecule has 0 aliphatic carbocycles. The number of esters is 1. The molecule has 0 saturated carbocycles. The number of carbonyl (C=O) groups excluding carboxylic acids is 2. The molecule has 3 heterocycles. The maximum absolute atomic E-state index is 13.3. The summed E-state index contributed by atoms with van der Waals surface area (Å²) in [7, 11) is 0. The fourth-order valence-corrected chi connectivity index (χ4v) is 6.77. The SMILES string of the molecule is Cc1cccc(NC(=O)C[C@@]23CSc4[nH]c(=O)sc4[C@@H]2c2ccccc2OC3=O)c1. The van der Waals surface area contributed by atoms with Crippen LogP contribution in [0.2, 0.25) is 0 Å². The van der Waals surface area contributed by atoms with Crippen LogP contribution in [-0.4, -0.2) is 22.6 Å².